The van der Waals surface area contributed by atoms with E-state index in [0.29, 0.717) is 15.4 Å². The molecule has 19 heavy (non-hydrogen) atoms. The number of nitrogen functional groups attached to an aromatic ring is 1. The second-order valence-corrected chi connectivity index (χ2v) is 6.07. The van der Waals surface area contributed by atoms with Gasteiger partial charge in [-0.3, -0.25) is 10.1 Å². The molecule has 2 aromatic heterocycles. The standard InChI is InChI=1S/C9H12N6O2S2/c1-4(2)6-12-14-8(17-6)11-5(16)3-18-9-15-13-7(10)19-9/h4H,3H2,1-2H3,(H2,10,13)(H,11,14,16). The van der Waals surface area contributed by atoms with E-state index in [9.17, 15) is 4.79 Å². The van der Waals surface area contributed by atoms with Gasteiger partial charge in [-0.2, -0.15) is 0 Å². The van der Waals surface area contributed by atoms with Gasteiger partial charge in [-0.25, -0.2) is 0 Å². The molecule has 10 heteroatoms. The molecule has 0 fully saturated rings. The van der Waals surface area contributed by atoms with Crippen LogP contribution >= 0.6 is 23.1 Å². The van der Waals surface area contributed by atoms with Crippen molar-refractivity contribution in [2.45, 2.75) is 24.1 Å². The summed E-state index contributed by atoms with van der Waals surface area (Å²) in [5.74, 6) is 0.531. The molecule has 0 unspecified atom stereocenters. The average Bonchev–Trinajstić information content (AvgIpc) is 2.96. The van der Waals surface area contributed by atoms with E-state index in [4.69, 9.17) is 10.2 Å². The third-order valence-corrected chi connectivity index (χ3v) is 3.82. The smallest absolute Gasteiger partial charge is 0.322 e. The summed E-state index contributed by atoms with van der Waals surface area (Å²) in [5.41, 5.74) is 5.44. The van der Waals surface area contributed by atoms with Gasteiger partial charge >= 0.3 is 6.01 Å². The number of nitrogens with two attached hydrogens (primary N) is 1. The zero-order chi connectivity index (χ0) is 13.8. The molecular formula is C9H12N6O2S2. The fourth-order valence-electron chi connectivity index (χ4n) is 1.08. The second kappa shape index (κ2) is 5.97. The van der Waals surface area contributed by atoms with Gasteiger partial charge in [0.15, 0.2) is 4.34 Å². The van der Waals surface area contributed by atoms with Crippen LogP contribution in [-0.4, -0.2) is 32.1 Å². The van der Waals surface area contributed by atoms with E-state index in [-0.39, 0.29) is 23.6 Å². The first-order chi connectivity index (χ1) is 9.04. The lowest BCUT2D eigenvalue weighted by atomic mass is 10.2. The maximum absolute atomic E-state index is 11.6. The van der Waals surface area contributed by atoms with Gasteiger partial charge in [0.2, 0.25) is 16.9 Å². The number of aromatic nitrogens is 4. The Morgan fingerprint density at radius 3 is 2.79 bits per heavy atom. The molecule has 0 radical (unpaired) electrons. The van der Waals surface area contributed by atoms with Crippen LogP contribution in [0.3, 0.4) is 0 Å². The van der Waals surface area contributed by atoms with Crippen LogP contribution in [0.1, 0.15) is 25.7 Å². The molecule has 2 heterocycles. The summed E-state index contributed by atoms with van der Waals surface area (Å²) in [6, 6.07) is 0.103. The quantitative estimate of drug-likeness (QED) is 0.794. The van der Waals surface area contributed by atoms with Crippen molar-refractivity contribution in [3.8, 4) is 0 Å². The SMILES string of the molecule is CC(C)c1nnc(NC(=O)CSc2nnc(N)s2)o1. The van der Waals surface area contributed by atoms with Gasteiger partial charge in [0.1, 0.15) is 0 Å². The second-order valence-electron chi connectivity index (χ2n) is 3.84. The molecule has 8 nitrogen and oxygen atoms in total. The molecule has 2 aromatic rings. The maximum Gasteiger partial charge on any atom is 0.322 e. The third-order valence-electron chi connectivity index (χ3n) is 1.93. The van der Waals surface area contributed by atoms with Gasteiger partial charge in [-0.15, -0.1) is 15.3 Å². The molecule has 102 valence electrons. The largest absolute Gasteiger partial charge is 0.408 e. The highest BCUT2D eigenvalue weighted by molar-refractivity contribution is 8.01. The number of nitrogens with zero attached hydrogens (tertiary/aromatic N) is 4. The summed E-state index contributed by atoms with van der Waals surface area (Å²) in [7, 11) is 0. The summed E-state index contributed by atoms with van der Waals surface area (Å²) in [6.45, 7) is 3.85. The Kier molecular flexibility index (Phi) is 4.32. The molecule has 0 saturated heterocycles. The van der Waals surface area contributed by atoms with Gasteiger partial charge in [0, 0.05) is 5.92 Å². The van der Waals surface area contributed by atoms with Gasteiger partial charge < -0.3 is 10.2 Å². The van der Waals surface area contributed by atoms with Crippen molar-refractivity contribution in [2.75, 3.05) is 16.8 Å². The molecule has 0 aliphatic carbocycles. The number of amides is 1. The Bertz CT molecular complexity index is 567. The molecule has 3 N–H and O–H groups in total. The Balaban J connectivity index is 1.83. The lowest BCUT2D eigenvalue weighted by Gasteiger charge is -1.98. The van der Waals surface area contributed by atoms with Crippen molar-refractivity contribution in [1.29, 1.82) is 0 Å². The normalized spacial score (nSPS) is 10.9. The van der Waals surface area contributed by atoms with Crippen LogP contribution < -0.4 is 11.1 Å². The fourth-order valence-corrected chi connectivity index (χ4v) is 2.52. The summed E-state index contributed by atoms with van der Waals surface area (Å²) < 4.78 is 5.90. The minimum atomic E-state index is -0.252. The summed E-state index contributed by atoms with van der Waals surface area (Å²) in [5, 5.41) is 17.9. The van der Waals surface area contributed by atoms with Crippen LogP contribution in [0.25, 0.3) is 0 Å². The van der Waals surface area contributed by atoms with E-state index in [2.05, 4.69) is 25.7 Å². The Morgan fingerprint density at radius 2 is 2.21 bits per heavy atom. The van der Waals surface area contributed by atoms with E-state index < -0.39 is 0 Å². The topological polar surface area (TPSA) is 120 Å². The van der Waals surface area contributed by atoms with Crippen molar-refractivity contribution in [3.05, 3.63) is 5.89 Å². The van der Waals surface area contributed by atoms with Gasteiger partial charge in [-0.05, 0) is 0 Å². The Morgan fingerprint density at radius 1 is 1.42 bits per heavy atom. The molecule has 0 aliphatic heterocycles. The molecule has 1 amide bonds. The van der Waals surface area contributed by atoms with Crippen molar-refractivity contribution < 1.29 is 9.21 Å². The minimum Gasteiger partial charge on any atom is -0.408 e. The predicted octanol–water partition coefficient (Wildman–Crippen LogP) is 1.36. The van der Waals surface area contributed by atoms with Crippen LogP contribution in [0.2, 0.25) is 0 Å². The maximum atomic E-state index is 11.6. The molecule has 0 aliphatic rings. The number of anilines is 2. The predicted molar refractivity (Wildman–Crippen MR) is 72.1 cm³/mol. The zero-order valence-electron chi connectivity index (χ0n) is 10.3. The van der Waals surface area contributed by atoms with Gasteiger partial charge in [-0.1, -0.05) is 42.0 Å². The average molecular weight is 300 g/mol. The molecule has 0 saturated carbocycles. The van der Waals surface area contributed by atoms with Crippen LogP contribution in [-0.2, 0) is 4.79 Å². The van der Waals surface area contributed by atoms with Crippen molar-refractivity contribution in [3.63, 3.8) is 0 Å². The highest BCUT2D eigenvalue weighted by Crippen LogP contribution is 2.23. The highest BCUT2D eigenvalue weighted by Gasteiger charge is 2.13. The van der Waals surface area contributed by atoms with Crippen molar-refractivity contribution in [2.24, 2.45) is 0 Å². The van der Waals surface area contributed by atoms with Crippen LogP contribution in [0.15, 0.2) is 8.76 Å². The third kappa shape index (κ3) is 3.89. The number of hydrogen-bond donors (Lipinski definition) is 2. The number of carbonyl (C=O) groups is 1. The van der Waals surface area contributed by atoms with E-state index in [1.54, 1.807) is 0 Å². The molecule has 0 aromatic carbocycles. The van der Waals surface area contributed by atoms with E-state index in [0.717, 1.165) is 0 Å². The van der Waals surface area contributed by atoms with Crippen molar-refractivity contribution >= 4 is 40.2 Å². The summed E-state index contributed by atoms with van der Waals surface area (Å²) >= 11 is 2.48. The lowest BCUT2D eigenvalue weighted by Crippen LogP contribution is -2.14. The molecule has 0 atom stereocenters. The molecule has 0 bridgehead atoms. The summed E-state index contributed by atoms with van der Waals surface area (Å²) in [4.78, 5) is 11.6. The Labute approximate surface area is 117 Å². The van der Waals surface area contributed by atoms with Crippen molar-refractivity contribution in [1.82, 2.24) is 20.4 Å². The minimum absolute atomic E-state index is 0.103. The van der Waals surface area contributed by atoms with Crippen LogP contribution in [0, 0.1) is 0 Å². The number of nitrogens with one attached hydrogen (secondary N) is 1. The van der Waals surface area contributed by atoms with E-state index in [1.165, 1.54) is 23.1 Å². The first-order valence-electron chi connectivity index (χ1n) is 5.39. The molecule has 0 spiro atoms. The Hall–Kier alpha value is -1.68. The van der Waals surface area contributed by atoms with E-state index in [1.807, 2.05) is 13.8 Å². The fraction of sp³-hybridized carbons (Fsp3) is 0.444. The summed E-state index contributed by atoms with van der Waals surface area (Å²) in [6.07, 6.45) is 0. The van der Waals surface area contributed by atoms with E-state index >= 15 is 0 Å². The van der Waals surface area contributed by atoms with Gasteiger partial charge in [0.05, 0.1) is 5.75 Å². The number of thioether (sulfide) groups is 1. The number of hydrogen-bond acceptors (Lipinski definition) is 9. The highest BCUT2D eigenvalue weighted by atomic mass is 32.2. The molecular weight excluding hydrogens is 288 g/mol. The van der Waals surface area contributed by atoms with Gasteiger partial charge in [0.25, 0.3) is 0 Å². The number of rotatable bonds is 5. The number of carbonyl (C=O) groups excluding carboxylic acids is 1. The van der Waals surface area contributed by atoms with Crippen LogP contribution in [0.4, 0.5) is 11.1 Å². The monoisotopic (exact) mass is 300 g/mol. The van der Waals surface area contributed by atoms with Crippen LogP contribution in [0.5, 0.6) is 0 Å². The lowest BCUT2D eigenvalue weighted by molar-refractivity contribution is -0.113. The molecule has 2 rings (SSSR count). The zero-order valence-corrected chi connectivity index (χ0v) is 11.9. The first-order valence-corrected chi connectivity index (χ1v) is 7.20. The first kappa shape index (κ1) is 13.7.